The highest BCUT2D eigenvalue weighted by atomic mass is 16.6. The number of carboxylic acid groups (broad SMARTS) is 3. The van der Waals surface area contributed by atoms with Crippen LogP contribution in [0.15, 0.2) is 0 Å². The summed E-state index contributed by atoms with van der Waals surface area (Å²) in [6, 6.07) is 0. The lowest BCUT2D eigenvalue weighted by Crippen LogP contribution is -2.46. The summed E-state index contributed by atoms with van der Waals surface area (Å²) in [5.74, 6) is -4.63. The van der Waals surface area contributed by atoms with E-state index in [1.54, 1.807) is 0 Å². The summed E-state index contributed by atoms with van der Waals surface area (Å²) in [7, 11) is 0. The van der Waals surface area contributed by atoms with Crippen LogP contribution in [0.5, 0.6) is 0 Å². The molecular formula is C12H20O10. The molecule has 0 spiro atoms. The minimum absolute atomic E-state index is 0.0588. The Labute approximate surface area is 126 Å². The third kappa shape index (κ3) is 8.52. The van der Waals surface area contributed by atoms with Crippen LogP contribution in [0.25, 0.3) is 0 Å². The Kier molecular flexibility index (Phi) is 10.0. The standard InChI is InChI=1S/C12H20O10/c13-1-2-20-3-4-21-5-6-22-12(11(18)19,7-9(14)15)8-10(16)17/h13H,1-8H2,(H,14,15)(H,16,17)(H,18,19). The van der Waals surface area contributed by atoms with Crippen molar-refractivity contribution in [3.05, 3.63) is 0 Å². The van der Waals surface area contributed by atoms with Gasteiger partial charge in [-0.15, -0.1) is 0 Å². The molecule has 0 heterocycles. The highest BCUT2D eigenvalue weighted by Gasteiger charge is 2.44. The van der Waals surface area contributed by atoms with Crippen LogP contribution in [0.4, 0.5) is 0 Å². The van der Waals surface area contributed by atoms with Crippen molar-refractivity contribution in [3.8, 4) is 0 Å². The SMILES string of the molecule is O=C(O)CC(CC(=O)O)(OCCOCCOCCO)C(=O)O. The van der Waals surface area contributed by atoms with Crippen molar-refractivity contribution in [2.75, 3.05) is 39.6 Å². The zero-order valence-electron chi connectivity index (χ0n) is 11.9. The fourth-order valence-electron chi connectivity index (χ4n) is 1.55. The molecule has 0 aliphatic carbocycles. The molecule has 0 saturated heterocycles. The molecule has 0 amide bonds. The molecule has 0 aliphatic rings. The van der Waals surface area contributed by atoms with Gasteiger partial charge in [0.25, 0.3) is 0 Å². The van der Waals surface area contributed by atoms with E-state index in [4.69, 9.17) is 34.6 Å². The summed E-state index contributed by atoms with van der Waals surface area (Å²) < 4.78 is 14.9. The van der Waals surface area contributed by atoms with Crippen molar-refractivity contribution in [1.29, 1.82) is 0 Å². The van der Waals surface area contributed by atoms with Crippen molar-refractivity contribution in [2.24, 2.45) is 0 Å². The second kappa shape index (κ2) is 10.9. The summed E-state index contributed by atoms with van der Waals surface area (Å²) in [6.45, 7) is 0.0909. The van der Waals surface area contributed by atoms with Crippen LogP contribution in [0.1, 0.15) is 12.8 Å². The number of aliphatic carboxylic acids is 3. The number of rotatable bonds is 14. The molecule has 10 heteroatoms. The molecule has 0 unspecified atom stereocenters. The zero-order chi connectivity index (χ0) is 17.0. The second-order valence-electron chi connectivity index (χ2n) is 4.24. The number of aliphatic hydroxyl groups is 1. The minimum Gasteiger partial charge on any atom is -0.481 e. The predicted molar refractivity (Wildman–Crippen MR) is 69.5 cm³/mol. The van der Waals surface area contributed by atoms with Gasteiger partial charge in [0.05, 0.1) is 52.5 Å². The molecule has 0 bridgehead atoms. The first-order chi connectivity index (χ1) is 10.3. The van der Waals surface area contributed by atoms with E-state index in [9.17, 15) is 14.4 Å². The molecule has 0 atom stereocenters. The van der Waals surface area contributed by atoms with Gasteiger partial charge in [-0.3, -0.25) is 9.59 Å². The fourth-order valence-corrected chi connectivity index (χ4v) is 1.55. The van der Waals surface area contributed by atoms with Crippen LogP contribution >= 0.6 is 0 Å². The lowest BCUT2D eigenvalue weighted by Gasteiger charge is -2.26. The van der Waals surface area contributed by atoms with Gasteiger partial charge >= 0.3 is 17.9 Å². The summed E-state index contributed by atoms with van der Waals surface area (Å²) in [4.78, 5) is 32.7. The number of hydrogen-bond donors (Lipinski definition) is 4. The van der Waals surface area contributed by atoms with Gasteiger partial charge in [-0.2, -0.15) is 0 Å². The van der Waals surface area contributed by atoms with Gasteiger partial charge in [0.15, 0.2) is 5.60 Å². The number of hydrogen-bond acceptors (Lipinski definition) is 7. The van der Waals surface area contributed by atoms with Gasteiger partial charge in [0, 0.05) is 0 Å². The Morgan fingerprint density at radius 1 is 0.773 bits per heavy atom. The van der Waals surface area contributed by atoms with Gasteiger partial charge in [0.2, 0.25) is 0 Å². The van der Waals surface area contributed by atoms with Crippen LogP contribution in [0.3, 0.4) is 0 Å². The Morgan fingerprint density at radius 3 is 1.64 bits per heavy atom. The average Bonchev–Trinajstić information content (AvgIpc) is 2.40. The van der Waals surface area contributed by atoms with Crippen LogP contribution in [0, 0.1) is 0 Å². The van der Waals surface area contributed by atoms with E-state index in [0.29, 0.717) is 0 Å². The third-order valence-electron chi connectivity index (χ3n) is 2.48. The molecular weight excluding hydrogens is 304 g/mol. The predicted octanol–water partition coefficient (Wildman–Crippen LogP) is -1.20. The molecule has 128 valence electrons. The first kappa shape index (κ1) is 20.2. The van der Waals surface area contributed by atoms with E-state index in [1.165, 1.54) is 0 Å². The second-order valence-corrected chi connectivity index (χ2v) is 4.24. The van der Waals surface area contributed by atoms with E-state index in [0.717, 1.165) is 0 Å². The number of carboxylic acids is 3. The normalized spacial score (nSPS) is 11.3. The molecule has 0 aliphatic heterocycles. The van der Waals surface area contributed by atoms with Crippen LogP contribution in [0.2, 0.25) is 0 Å². The minimum atomic E-state index is -2.34. The Morgan fingerprint density at radius 2 is 1.23 bits per heavy atom. The molecule has 0 aromatic rings. The van der Waals surface area contributed by atoms with Crippen LogP contribution < -0.4 is 0 Å². The van der Waals surface area contributed by atoms with Gasteiger partial charge in [-0.05, 0) is 0 Å². The molecule has 10 nitrogen and oxygen atoms in total. The van der Waals surface area contributed by atoms with E-state index in [1.807, 2.05) is 0 Å². The zero-order valence-corrected chi connectivity index (χ0v) is 11.9. The first-order valence-corrected chi connectivity index (χ1v) is 6.41. The largest absolute Gasteiger partial charge is 0.481 e. The third-order valence-corrected chi connectivity index (χ3v) is 2.48. The molecule has 0 radical (unpaired) electrons. The average molecular weight is 324 g/mol. The number of aliphatic hydroxyl groups excluding tert-OH is 1. The molecule has 0 fully saturated rings. The van der Waals surface area contributed by atoms with Gasteiger partial charge in [0.1, 0.15) is 0 Å². The van der Waals surface area contributed by atoms with Crippen molar-refractivity contribution in [1.82, 2.24) is 0 Å². The lowest BCUT2D eigenvalue weighted by atomic mass is 9.95. The Bertz CT molecular complexity index is 351. The Balaban J connectivity index is 4.31. The smallest absolute Gasteiger partial charge is 0.337 e. The summed E-state index contributed by atoms with van der Waals surface area (Å²) >= 11 is 0. The van der Waals surface area contributed by atoms with Crippen LogP contribution in [-0.4, -0.2) is 83.6 Å². The van der Waals surface area contributed by atoms with E-state index in [2.05, 4.69) is 0 Å². The molecule has 0 aromatic carbocycles. The van der Waals surface area contributed by atoms with Gasteiger partial charge in [-0.25, -0.2) is 4.79 Å². The Hall–Kier alpha value is -1.75. The van der Waals surface area contributed by atoms with Gasteiger partial charge in [-0.1, -0.05) is 0 Å². The van der Waals surface area contributed by atoms with Crippen molar-refractivity contribution < 1.29 is 49.0 Å². The highest BCUT2D eigenvalue weighted by molar-refractivity contribution is 5.88. The number of carbonyl (C=O) groups is 3. The maximum atomic E-state index is 11.2. The molecule has 0 rings (SSSR count). The first-order valence-electron chi connectivity index (χ1n) is 6.41. The van der Waals surface area contributed by atoms with Crippen LogP contribution in [-0.2, 0) is 28.6 Å². The molecule has 0 aromatic heterocycles. The summed E-state index contributed by atoms with van der Waals surface area (Å²) in [5, 5.41) is 35.0. The number of ether oxygens (including phenoxy) is 3. The lowest BCUT2D eigenvalue weighted by molar-refractivity contribution is -0.180. The molecule has 22 heavy (non-hydrogen) atoms. The quantitative estimate of drug-likeness (QED) is 0.286. The molecule has 4 N–H and O–H groups in total. The van der Waals surface area contributed by atoms with E-state index in [-0.39, 0.29) is 39.6 Å². The monoisotopic (exact) mass is 324 g/mol. The fraction of sp³-hybridized carbons (Fsp3) is 0.750. The topological polar surface area (TPSA) is 160 Å². The van der Waals surface area contributed by atoms with Crippen molar-refractivity contribution >= 4 is 17.9 Å². The van der Waals surface area contributed by atoms with E-state index < -0.39 is 36.4 Å². The van der Waals surface area contributed by atoms with Crippen molar-refractivity contribution in [2.45, 2.75) is 18.4 Å². The van der Waals surface area contributed by atoms with E-state index >= 15 is 0 Å². The maximum absolute atomic E-state index is 11.2. The molecule has 0 saturated carbocycles. The summed E-state index contributed by atoms with van der Waals surface area (Å²) in [6.07, 6.45) is -1.96. The maximum Gasteiger partial charge on any atom is 0.337 e. The van der Waals surface area contributed by atoms with Gasteiger partial charge < -0.3 is 34.6 Å². The highest BCUT2D eigenvalue weighted by Crippen LogP contribution is 2.22. The van der Waals surface area contributed by atoms with Crippen molar-refractivity contribution in [3.63, 3.8) is 0 Å². The summed E-state index contributed by atoms with van der Waals surface area (Å²) in [5.41, 5.74) is -2.34.